The molecule has 0 saturated heterocycles. The highest BCUT2D eigenvalue weighted by Crippen LogP contribution is 2.19. The molecule has 1 unspecified atom stereocenters. The maximum atomic E-state index is 10.5. The average molecular weight is 184 g/mol. The van der Waals surface area contributed by atoms with E-state index in [1.54, 1.807) is 6.08 Å². The van der Waals surface area contributed by atoms with E-state index in [0.717, 1.165) is 0 Å². The van der Waals surface area contributed by atoms with Crippen molar-refractivity contribution in [1.82, 2.24) is 0 Å². The molecule has 0 heterocycles. The van der Waals surface area contributed by atoms with Crippen LogP contribution < -0.4 is 5.73 Å². The summed E-state index contributed by atoms with van der Waals surface area (Å²) in [4.78, 5) is 10.0. The van der Waals surface area contributed by atoms with E-state index in [9.17, 15) is 10.1 Å². The van der Waals surface area contributed by atoms with Crippen LogP contribution in [-0.4, -0.2) is 17.2 Å². The third kappa shape index (κ3) is 2.06. The van der Waals surface area contributed by atoms with Crippen LogP contribution in [0.1, 0.15) is 13.3 Å². The number of nitro groups is 1. The van der Waals surface area contributed by atoms with E-state index in [1.807, 2.05) is 6.92 Å². The van der Waals surface area contributed by atoms with E-state index in [0.29, 0.717) is 12.4 Å². The van der Waals surface area contributed by atoms with Crippen LogP contribution in [0.2, 0.25) is 0 Å². The Balaban J connectivity index is 2.67. The number of allylic oxidation sites excluding steroid dienone is 1. The molecule has 0 bridgehead atoms. The first-order valence-corrected chi connectivity index (χ1v) is 4.04. The van der Waals surface area contributed by atoms with Gasteiger partial charge in [-0.2, -0.15) is 0 Å². The van der Waals surface area contributed by atoms with Gasteiger partial charge in [-0.05, 0) is 19.1 Å². The molecule has 5 nitrogen and oxygen atoms in total. The monoisotopic (exact) mass is 184 g/mol. The Morgan fingerprint density at radius 2 is 2.54 bits per heavy atom. The summed E-state index contributed by atoms with van der Waals surface area (Å²) in [6.07, 6.45) is 4.70. The number of ether oxygens (including phenoxy) is 1. The van der Waals surface area contributed by atoms with E-state index in [2.05, 4.69) is 0 Å². The van der Waals surface area contributed by atoms with Crippen molar-refractivity contribution in [2.24, 2.45) is 5.73 Å². The molecule has 1 atom stereocenters. The molecule has 1 rings (SSSR count). The molecule has 0 fully saturated rings. The topological polar surface area (TPSA) is 78.4 Å². The second kappa shape index (κ2) is 3.57. The molecule has 0 aromatic heterocycles. The summed E-state index contributed by atoms with van der Waals surface area (Å²) in [6.45, 7) is 2.40. The van der Waals surface area contributed by atoms with E-state index < -0.39 is 10.6 Å². The van der Waals surface area contributed by atoms with Crippen molar-refractivity contribution in [3.8, 4) is 0 Å². The minimum Gasteiger partial charge on any atom is -0.494 e. The molecule has 0 amide bonds. The molecular weight excluding hydrogens is 172 g/mol. The average Bonchev–Trinajstić information content (AvgIpc) is 2.09. The molecule has 0 radical (unpaired) electrons. The predicted octanol–water partition coefficient (Wildman–Crippen LogP) is 0.798. The van der Waals surface area contributed by atoms with Gasteiger partial charge in [0.2, 0.25) is 0 Å². The largest absolute Gasteiger partial charge is 0.494 e. The molecule has 0 aromatic rings. The van der Waals surface area contributed by atoms with Crippen LogP contribution in [0.15, 0.2) is 24.0 Å². The van der Waals surface area contributed by atoms with Gasteiger partial charge in [0, 0.05) is 11.0 Å². The third-order valence-electron chi connectivity index (χ3n) is 1.82. The fourth-order valence-electron chi connectivity index (χ4n) is 1.04. The van der Waals surface area contributed by atoms with Gasteiger partial charge in [0.1, 0.15) is 5.76 Å². The zero-order chi connectivity index (χ0) is 9.90. The summed E-state index contributed by atoms with van der Waals surface area (Å²) in [6, 6.07) is 0. The molecule has 13 heavy (non-hydrogen) atoms. The van der Waals surface area contributed by atoms with E-state index in [-0.39, 0.29) is 6.42 Å². The molecule has 1 aliphatic carbocycles. The lowest BCUT2D eigenvalue weighted by Gasteiger charge is -2.18. The first kappa shape index (κ1) is 9.73. The minimum atomic E-state index is -1.46. The predicted molar refractivity (Wildman–Crippen MR) is 47.4 cm³/mol. The Morgan fingerprint density at radius 1 is 1.85 bits per heavy atom. The molecule has 5 heteroatoms. The summed E-state index contributed by atoms with van der Waals surface area (Å²) in [5.74, 6) is 0.644. The van der Waals surface area contributed by atoms with Crippen LogP contribution in [-0.2, 0) is 4.74 Å². The van der Waals surface area contributed by atoms with Crippen LogP contribution in [0.3, 0.4) is 0 Å². The number of nitrogens with two attached hydrogens (primary N) is 1. The first-order chi connectivity index (χ1) is 6.08. The van der Waals surface area contributed by atoms with E-state index >= 15 is 0 Å². The fraction of sp³-hybridized carbons (Fsp3) is 0.500. The lowest BCUT2D eigenvalue weighted by molar-refractivity contribution is -0.553. The molecule has 0 saturated carbocycles. The number of hydrogen-bond acceptors (Lipinski definition) is 4. The van der Waals surface area contributed by atoms with Crippen LogP contribution >= 0.6 is 0 Å². The van der Waals surface area contributed by atoms with Gasteiger partial charge in [0.15, 0.2) is 0 Å². The van der Waals surface area contributed by atoms with Crippen molar-refractivity contribution in [1.29, 1.82) is 0 Å². The van der Waals surface area contributed by atoms with Gasteiger partial charge in [-0.25, -0.2) is 0 Å². The lowest BCUT2D eigenvalue weighted by Crippen LogP contribution is -2.46. The van der Waals surface area contributed by atoms with Crippen LogP contribution in [0.25, 0.3) is 0 Å². The highest BCUT2D eigenvalue weighted by Gasteiger charge is 2.35. The van der Waals surface area contributed by atoms with Gasteiger partial charge in [0.05, 0.1) is 13.0 Å². The lowest BCUT2D eigenvalue weighted by atomic mass is 10.0. The number of rotatable bonds is 3. The third-order valence-corrected chi connectivity index (χ3v) is 1.82. The highest BCUT2D eigenvalue weighted by atomic mass is 16.6. The Morgan fingerprint density at radius 3 is 2.92 bits per heavy atom. The molecule has 2 N–H and O–H groups in total. The Hall–Kier alpha value is -1.36. The standard InChI is InChI=1S/C8H12N2O3/c1-2-13-7-3-5-8(9,6-4-7)10(11)12/h3-5H,2,6,9H2,1H3. The van der Waals surface area contributed by atoms with Gasteiger partial charge in [-0.1, -0.05) is 0 Å². The number of hydrogen-bond donors (Lipinski definition) is 1. The summed E-state index contributed by atoms with van der Waals surface area (Å²) >= 11 is 0. The van der Waals surface area contributed by atoms with Crippen LogP contribution in [0.4, 0.5) is 0 Å². The first-order valence-electron chi connectivity index (χ1n) is 4.04. The van der Waals surface area contributed by atoms with Crippen molar-refractivity contribution in [2.75, 3.05) is 6.61 Å². The smallest absolute Gasteiger partial charge is 0.295 e. The normalized spacial score (nSPS) is 26.8. The van der Waals surface area contributed by atoms with Crippen molar-refractivity contribution in [2.45, 2.75) is 19.0 Å². The van der Waals surface area contributed by atoms with Gasteiger partial charge in [-0.3, -0.25) is 15.8 Å². The molecular formula is C8H12N2O3. The van der Waals surface area contributed by atoms with Crippen molar-refractivity contribution in [3.63, 3.8) is 0 Å². The van der Waals surface area contributed by atoms with Crippen molar-refractivity contribution in [3.05, 3.63) is 34.1 Å². The zero-order valence-corrected chi connectivity index (χ0v) is 7.40. The summed E-state index contributed by atoms with van der Waals surface area (Å²) in [7, 11) is 0. The van der Waals surface area contributed by atoms with E-state index in [4.69, 9.17) is 10.5 Å². The molecule has 1 aliphatic rings. The summed E-state index contributed by atoms with van der Waals surface area (Å²) < 4.78 is 5.15. The maximum absolute atomic E-state index is 10.5. The van der Waals surface area contributed by atoms with Gasteiger partial charge < -0.3 is 4.74 Å². The quantitative estimate of drug-likeness (QED) is 0.399. The molecule has 0 spiro atoms. The van der Waals surface area contributed by atoms with E-state index in [1.165, 1.54) is 12.2 Å². The highest BCUT2D eigenvalue weighted by molar-refractivity contribution is 5.22. The summed E-state index contributed by atoms with van der Waals surface area (Å²) in [5, 5.41) is 10.5. The Bertz CT molecular complexity index is 273. The van der Waals surface area contributed by atoms with Gasteiger partial charge >= 0.3 is 0 Å². The second-order valence-corrected chi connectivity index (χ2v) is 2.83. The zero-order valence-electron chi connectivity index (χ0n) is 7.40. The Kier molecular flexibility index (Phi) is 2.67. The minimum absolute atomic E-state index is 0.172. The van der Waals surface area contributed by atoms with Gasteiger partial charge in [0.25, 0.3) is 5.66 Å². The molecule has 0 aromatic carbocycles. The molecule has 0 aliphatic heterocycles. The van der Waals surface area contributed by atoms with Gasteiger partial charge in [-0.15, -0.1) is 0 Å². The Labute approximate surface area is 76.0 Å². The maximum Gasteiger partial charge on any atom is 0.295 e. The van der Waals surface area contributed by atoms with Crippen molar-refractivity contribution < 1.29 is 9.66 Å². The number of nitrogens with zero attached hydrogens (tertiary/aromatic N) is 1. The second-order valence-electron chi connectivity index (χ2n) is 2.83. The SMILES string of the molecule is CCOC1=CCC(N)([N+](=O)[O-])C=C1. The van der Waals surface area contributed by atoms with Crippen LogP contribution in [0, 0.1) is 10.1 Å². The van der Waals surface area contributed by atoms with Crippen molar-refractivity contribution >= 4 is 0 Å². The van der Waals surface area contributed by atoms with Crippen LogP contribution in [0.5, 0.6) is 0 Å². The molecule has 72 valence electrons. The fourth-order valence-corrected chi connectivity index (χ4v) is 1.04. The summed E-state index contributed by atoms with van der Waals surface area (Å²) in [5.41, 5.74) is 4.02.